The number of hydrogen-bond donors (Lipinski definition) is 16. The molecule has 0 spiro atoms. The Kier molecular flexibility index (Phi) is 26.9. The number of carbonyl (C=O) groups excluding carboxylic acids is 2. The highest BCUT2D eigenvalue weighted by Gasteiger charge is 2.60. The Balaban J connectivity index is 1.39. The minimum Gasteiger partial charge on any atom is -0.497 e. The SMILES string of the molecule is COc1ccc(O[C@@H]2O[C@@H](C(=O)O)[C@@H](O[C@@H]3OC(COS(=O)(=O)O)[C@H](OSOOO)[C@H](O[C@@H]4O[C@@H](C(=O)O)[C@@H](O[C@@H]5OC(COS(=O)(=O)O)[C@H](OSOOO)[C@H](O[C@@H]6O[C@@H](C(=O)O)[C@@H](O)C(O)C6O)C5NC(C)=O)C(O)C4O)C3NC(C)=O)C(O)C2O)cc1. The molecule has 44 nitrogen and oxygen atoms in total. The number of carboxylic acid groups (broad SMARTS) is 3. The van der Waals surface area contributed by atoms with E-state index >= 15 is 0 Å². The van der Waals surface area contributed by atoms with Crippen LogP contribution in [0.15, 0.2) is 24.3 Å². The number of aliphatic carboxylic acids is 3. The number of nitrogens with one attached hydrogen (secondary N) is 2. The summed E-state index contributed by atoms with van der Waals surface area (Å²) in [6.07, 6.45) is -55.2. The fraction of sp³-hybridized carbons (Fsp3) is 0.732. The van der Waals surface area contributed by atoms with Gasteiger partial charge in [0.25, 0.3) is 0 Å². The molecule has 1 aromatic rings. The lowest BCUT2D eigenvalue weighted by atomic mass is 9.93. The monoisotopic (exact) mass is 1380 g/mol. The van der Waals surface area contributed by atoms with Crippen LogP contribution in [0.3, 0.4) is 0 Å². The summed E-state index contributed by atoms with van der Waals surface area (Å²) in [6.45, 7) is -1.26. The van der Waals surface area contributed by atoms with Crippen molar-refractivity contribution in [3.05, 3.63) is 24.3 Å². The van der Waals surface area contributed by atoms with Crippen molar-refractivity contribution in [2.45, 2.75) is 167 Å². The van der Waals surface area contributed by atoms with Gasteiger partial charge >= 0.3 is 38.7 Å². The summed E-state index contributed by atoms with van der Waals surface area (Å²) in [7, 11) is -9.66. The fourth-order valence-electron chi connectivity index (χ4n) is 9.25. The molecule has 0 saturated carbocycles. The van der Waals surface area contributed by atoms with Crippen molar-refractivity contribution >= 4 is 75.2 Å². The summed E-state index contributed by atoms with van der Waals surface area (Å²) in [5.74, 6) is -8.01. The lowest BCUT2D eigenvalue weighted by molar-refractivity contribution is -0.435. The molecule has 2 amide bonds. The third-order valence-electron chi connectivity index (χ3n) is 13.1. The van der Waals surface area contributed by atoms with Crippen LogP contribution in [0.4, 0.5) is 0 Å². The van der Waals surface area contributed by atoms with Gasteiger partial charge in [0.05, 0.1) is 20.3 Å². The zero-order chi connectivity index (χ0) is 66.0. The van der Waals surface area contributed by atoms with Gasteiger partial charge < -0.3 is 114 Å². The van der Waals surface area contributed by atoms with E-state index in [4.69, 9.17) is 71.0 Å². The van der Waals surface area contributed by atoms with Gasteiger partial charge in [-0.15, -0.1) is 8.67 Å². The van der Waals surface area contributed by atoms with Crippen LogP contribution in [-0.4, -0.2) is 291 Å². The first kappa shape index (κ1) is 73.7. The minimum atomic E-state index is -5.50. The zero-order valence-electron chi connectivity index (χ0n) is 45.0. The molecular formula is C41H58N2O42S4. The molecule has 5 aliphatic rings. The number of hydrogen-bond acceptors (Lipinski definition) is 39. The molecule has 16 N–H and O–H groups in total. The van der Waals surface area contributed by atoms with Crippen LogP contribution >= 0.6 is 24.6 Å². The summed E-state index contributed by atoms with van der Waals surface area (Å²) < 4.78 is 157. The van der Waals surface area contributed by atoms with Gasteiger partial charge in [-0.1, -0.05) is 10.1 Å². The van der Waals surface area contributed by atoms with Gasteiger partial charge in [0.2, 0.25) is 18.1 Å². The molecule has 0 bridgehead atoms. The predicted molar refractivity (Wildman–Crippen MR) is 266 cm³/mol. The third-order valence-corrected chi connectivity index (χ3v) is 14.8. The third kappa shape index (κ3) is 19.4. The van der Waals surface area contributed by atoms with Gasteiger partial charge in [-0.3, -0.25) is 27.1 Å². The van der Waals surface area contributed by atoms with E-state index in [9.17, 15) is 101 Å². The Morgan fingerprint density at radius 1 is 0.483 bits per heavy atom. The molecule has 5 aliphatic heterocycles. The summed E-state index contributed by atoms with van der Waals surface area (Å²) in [6, 6.07) is 1.06. The number of carboxylic acids is 3. The number of amides is 2. The summed E-state index contributed by atoms with van der Waals surface area (Å²) in [4.78, 5) is 64.2. The van der Waals surface area contributed by atoms with Gasteiger partial charge in [0.1, 0.15) is 115 Å². The van der Waals surface area contributed by atoms with E-state index < -0.39 is 217 Å². The highest BCUT2D eigenvalue weighted by Crippen LogP contribution is 2.39. The largest absolute Gasteiger partial charge is 0.497 e. The molecule has 5 saturated heterocycles. The number of carbonyl (C=O) groups is 5. The smallest absolute Gasteiger partial charge is 0.397 e. The summed E-state index contributed by atoms with van der Waals surface area (Å²) in [5, 5.41) is 138. The molecule has 6 rings (SSSR count). The van der Waals surface area contributed by atoms with Gasteiger partial charge in [-0.2, -0.15) is 16.8 Å². The van der Waals surface area contributed by atoms with E-state index in [-0.39, 0.29) is 30.4 Å². The highest BCUT2D eigenvalue weighted by molar-refractivity contribution is 7.90. The van der Waals surface area contributed by atoms with Crippen molar-refractivity contribution in [2.24, 2.45) is 0 Å². The second kappa shape index (κ2) is 32.5. The summed E-state index contributed by atoms with van der Waals surface area (Å²) >= 11 is -0.676. The standard InChI is InChI=1S/C41H58N2O42S4/c1-10(44)42-16-27(73-40-22(50)18(46)19(47)31(77-40)34(53)54)25(80-86-84-82-59)14(8-68-88(61,62)63)71-37(16)76-30-21(49)24(52)41(79-33(30)36(57)58)74-28-17(43-11(2)45)38(72-15(9-69-89(64,65)66)26(28)81-87-85-83-60)75-29-20(48)23(51)39(78-32(29)35(55)56)70-13-6-4-12(67-3)5-7-13/h4-7,14-33,37-41,46-52,59-60H,8-9H2,1-3H3,(H,42,44)(H,43,45)(H,53,54)(H,55,56)(H,57,58)(H,61,62,63)(H,64,65,66)/t14?,15?,16?,17?,18?,19-,20?,21?,22?,23?,24?,25-,26-,27+,28+,29-,30-,31+,32+,33+,37-,38-,39+,40+,41+/m0/s1. The molecule has 10 unspecified atom stereocenters. The van der Waals surface area contributed by atoms with E-state index in [1.165, 1.54) is 31.4 Å². The van der Waals surface area contributed by atoms with Crippen LogP contribution in [-0.2, 0) is 123 Å². The van der Waals surface area contributed by atoms with Crippen molar-refractivity contribution < 1.29 is 199 Å². The van der Waals surface area contributed by atoms with E-state index in [1.54, 1.807) is 0 Å². The Hall–Kier alpha value is -4.35. The molecule has 0 aliphatic carbocycles. The molecule has 5 heterocycles. The topological polar surface area (TPSA) is 636 Å². The Bertz CT molecular complexity index is 2740. The maximum atomic E-state index is 13.3. The van der Waals surface area contributed by atoms with Crippen molar-refractivity contribution in [1.82, 2.24) is 10.6 Å². The Labute approximate surface area is 506 Å². The highest BCUT2D eigenvalue weighted by atomic mass is 32.3. The maximum absolute atomic E-state index is 13.3. The van der Waals surface area contributed by atoms with Gasteiger partial charge in [-0.25, -0.2) is 33.3 Å². The number of aliphatic hydroxyl groups is 7. The second-order valence-electron chi connectivity index (χ2n) is 18.9. The van der Waals surface area contributed by atoms with Crippen LogP contribution in [0.25, 0.3) is 0 Å². The number of rotatable bonds is 30. The predicted octanol–water partition coefficient (Wildman–Crippen LogP) is -7.59. The lowest BCUT2D eigenvalue weighted by Gasteiger charge is -2.51. The average molecular weight is 1380 g/mol. The normalized spacial score (nSPS) is 37.8. The van der Waals surface area contributed by atoms with Crippen LogP contribution < -0.4 is 20.1 Å². The minimum absolute atomic E-state index is 0.0583. The van der Waals surface area contributed by atoms with Gasteiger partial charge in [0, 0.05) is 13.8 Å². The van der Waals surface area contributed by atoms with E-state index in [0.29, 0.717) is 5.75 Å². The molecular weight excluding hydrogens is 1320 g/mol. The van der Waals surface area contributed by atoms with E-state index in [1.807, 2.05) is 0 Å². The van der Waals surface area contributed by atoms with Crippen molar-refractivity contribution in [3.8, 4) is 11.5 Å². The van der Waals surface area contributed by atoms with Crippen LogP contribution in [0.5, 0.6) is 11.5 Å². The molecule has 0 radical (unpaired) electrons. The zero-order valence-corrected chi connectivity index (χ0v) is 48.2. The van der Waals surface area contributed by atoms with E-state index in [2.05, 4.69) is 37.7 Å². The van der Waals surface area contributed by atoms with Gasteiger partial charge in [-0.05, 0) is 24.3 Å². The van der Waals surface area contributed by atoms with Crippen LogP contribution in [0, 0.1) is 0 Å². The quantitative estimate of drug-likeness (QED) is 0.0112. The molecule has 89 heavy (non-hydrogen) atoms. The fourth-order valence-corrected chi connectivity index (χ4v) is 10.6. The number of ether oxygens (including phenoxy) is 11. The number of aliphatic hydroxyl groups excluding tert-OH is 7. The van der Waals surface area contributed by atoms with Crippen LogP contribution in [0.1, 0.15) is 13.8 Å². The molecule has 25 atom stereocenters. The number of benzene rings is 1. The first-order valence-corrected chi connectivity index (χ1v) is 28.9. The van der Waals surface area contributed by atoms with Gasteiger partial charge in [0.15, 0.2) is 68.1 Å². The Morgan fingerprint density at radius 3 is 1.21 bits per heavy atom. The average Bonchev–Trinajstić information content (AvgIpc) is 1.90. The van der Waals surface area contributed by atoms with Crippen molar-refractivity contribution in [2.75, 3.05) is 20.3 Å². The van der Waals surface area contributed by atoms with E-state index in [0.717, 1.165) is 13.8 Å². The maximum Gasteiger partial charge on any atom is 0.397 e. The number of methoxy groups -OCH3 is 1. The second-order valence-corrected chi connectivity index (χ2v) is 22.0. The lowest BCUT2D eigenvalue weighted by Crippen LogP contribution is -2.71. The molecule has 0 aromatic heterocycles. The molecule has 508 valence electrons. The molecule has 5 fully saturated rings. The molecule has 48 heteroatoms. The Morgan fingerprint density at radius 2 is 0.843 bits per heavy atom. The first-order chi connectivity index (χ1) is 41.8. The van der Waals surface area contributed by atoms with Crippen molar-refractivity contribution in [3.63, 3.8) is 0 Å². The van der Waals surface area contributed by atoms with Crippen molar-refractivity contribution in [1.29, 1.82) is 0 Å². The molecule has 1 aromatic carbocycles. The summed E-state index contributed by atoms with van der Waals surface area (Å²) in [5.41, 5.74) is 0. The first-order valence-electron chi connectivity index (χ1n) is 24.8. The van der Waals surface area contributed by atoms with Crippen LogP contribution in [0.2, 0.25) is 0 Å².